The summed E-state index contributed by atoms with van der Waals surface area (Å²) in [6.07, 6.45) is 3.17. The molecule has 0 bridgehead atoms. The SMILES string of the molecule is CN(C)C[C@@H]1OCCN(C(=O)c2cnc(N3CCOCC3)nc2)[C@H]1c1ccccc1. The van der Waals surface area contributed by atoms with Crippen molar-refractivity contribution >= 4 is 11.9 Å². The first kappa shape index (κ1) is 20.7. The Hall–Kier alpha value is -2.55. The maximum Gasteiger partial charge on any atom is 0.257 e. The van der Waals surface area contributed by atoms with Crippen molar-refractivity contribution < 1.29 is 14.3 Å². The van der Waals surface area contributed by atoms with E-state index in [2.05, 4.69) is 31.9 Å². The van der Waals surface area contributed by atoms with Crippen molar-refractivity contribution in [2.75, 3.05) is 65.0 Å². The molecule has 8 heteroatoms. The fraction of sp³-hybridized carbons (Fsp3) is 0.500. The van der Waals surface area contributed by atoms with Gasteiger partial charge in [0.1, 0.15) is 0 Å². The van der Waals surface area contributed by atoms with E-state index in [9.17, 15) is 4.79 Å². The predicted octanol–water partition coefficient (Wildman–Crippen LogP) is 1.46. The number of carbonyl (C=O) groups is 1. The molecule has 0 N–H and O–H groups in total. The van der Waals surface area contributed by atoms with Gasteiger partial charge in [0.2, 0.25) is 5.95 Å². The zero-order valence-electron chi connectivity index (χ0n) is 17.6. The van der Waals surface area contributed by atoms with Crippen LogP contribution >= 0.6 is 0 Å². The van der Waals surface area contributed by atoms with Gasteiger partial charge in [0, 0.05) is 38.6 Å². The minimum absolute atomic E-state index is 0.0653. The molecule has 2 fully saturated rings. The quantitative estimate of drug-likeness (QED) is 0.738. The summed E-state index contributed by atoms with van der Waals surface area (Å²) in [6.45, 7) is 4.65. The molecule has 2 atom stereocenters. The van der Waals surface area contributed by atoms with E-state index in [0.717, 1.165) is 25.2 Å². The van der Waals surface area contributed by atoms with Crippen LogP contribution < -0.4 is 4.90 Å². The lowest BCUT2D eigenvalue weighted by Gasteiger charge is -2.42. The summed E-state index contributed by atoms with van der Waals surface area (Å²) in [5, 5.41) is 0. The molecular weight excluding hydrogens is 382 g/mol. The Bertz CT molecular complexity index is 824. The molecule has 2 aliphatic heterocycles. The van der Waals surface area contributed by atoms with Gasteiger partial charge < -0.3 is 24.2 Å². The third kappa shape index (κ3) is 4.61. The monoisotopic (exact) mass is 411 g/mol. The van der Waals surface area contributed by atoms with Crippen LogP contribution in [0.4, 0.5) is 5.95 Å². The highest BCUT2D eigenvalue weighted by Crippen LogP contribution is 2.31. The number of carbonyl (C=O) groups excluding carboxylic acids is 1. The standard InChI is InChI=1S/C22H29N5O3/c1-25(2)16-19-20(17-6-4-3-5-7-17)27(10-13-30-19)21(28)18-14-23-22(24-15-18)26-8-11-29-12-9-26/h3-7,14-15,19-20H,8-13,16H2,1-2H3/t19-,20-/m0/s1. The summed E-state index contributed by atoms with van der Waals surface area (Å²) < 4.78 is 11.5. The van der Waals surface area contributed by atoms with Gasteiger partial charge in [-0.2, -0.15) is 0 Å². The van der Waals surface area contributed by atoms with Crippen molar-refractivity contribution in [3.05, 3.63) is 53.9 Å². The fourth-order valence-corrected chi connectivity index (χ4v) is 4.04. The van der Waals surface area contributed by atoms with E-state index in [0.29, 0.717) is 37.9 Å². The van der Waals surface area contributed by atoms with E-state index in [1.165, 1.54) is 0 Å². The van der Waals surface area contributed by atoms with E-state index < -0.39 is 0 Å². The summed E-state index contributed by atoms with van der Waals surface area (Å²) in [7, 11) is 4.04. The van der Waals surface area contributed by atoms with E-state index in [4.69, 9.17) is 9.47 Å². The first-order valence-electron chi connectivity index (χ1n) is 10.4. The van der Waals surface area contributed by atoms with Gasteiger partial charge in [0.15, 0.2) is 0 Å². The minimum Gasteiger partial charge on any atom is -0.378 e. The Kier molecular flexibility index (Phi) is 6.56. The molecule has 2 saturated heterocycles. The lowest BCUT2D eigenvalue weighted by molar-refractivity contribution is -0.0684. The average Bonchev–Trinajstić information content (AvgIpc) is 2.79. The molecule has 30 heavy (non-hydrogen) atoms. The van der Waals surface area contributed by atoms with Gasteiger partial charge in [-0.1, -0.05) is 30.3 Å². The fourth-order valence-electron chi connectivity index (χ4n) is 4.04. The summed E-state index contributed by atoms with van der Waals surface area (Å²) in [5.41, 5.74) is 1.57. The van der Waals surface area contributed by atoms with Gasteiger partial charge in [-0.25, -0.2) is 9.97 Å². The second-order valence-corrected chi connectivity index (χ2v) is 7.90. The Labute approximate surface area is 177 Å². The van der Waals surface area contributed by atoms with E-state index in [1.54, 1.807) is 12.4 Å². The van der Waals surface area contributed by atoms with Crippen LogP contribution in [0.25, 0.3) is 0 Å². The number of ether oxygens (including phenoxy) is 2. The number of hydrogen-bond acceptors (Lipinski definition) is 7. The molecule has 2 aliphatic rings. The number of benzene rings is 1. The van der Waals surface area contributed by atoms with Gasteiger partial charge in [-0.3, -0.25) is 4.79 Å². The molecule has 4 rings (SSSR count). The van der Waals surface area contributed by atoms with Crippen LogP contribution in [0.3, 0.4) is 0 Å². The maximum absolute atomic E-state index is 13.4. The molecule has 0 spiro atoms. The first-order chi connectivity index (χ1) is 14.6. The van der Waals surface area contributed by atoms with Crippen molar-refractivity contribution in [2.24, 2.45) is 0 Å². The Morgan fingerprint density at radius 1 is 1.07 bits per heavy atom. The number of likely N-dealkylation sites (N-methyl/N-ethyl adjacent to an activating group) is 1. The van der Waals surface area contributed by atoms with Gasteiger partial charge in [0.05, 0.1) is 37.5 Å². The maximum atomic E-state index is 13.4. The van der Waals surface area contributed by atoms with Crippen molar-refractivity contribution in [1.29, 1.82) is 0 Å². The van der Waals surface area contributed by atoms with Gasteiger partial charge in [-0.15, -0.1) is 0 Å². The van der Waals surface area contributed by atoms with Crippen LogP contribution in [0.5, 0.6) is 0 Å². The molecule has 0 aliphatic carbocycles. The Morgan fingerprint density at radius 2 is 1.77 bits per heavy atom. The summed E-state index contributed by atoms with van der Waals surface area (Å²) in [6, 6.07) is 9.94. The number of nitrogens with zero attached hydrogens (tertiary/aromatic N) is 5. The van der Waals surface area contributed by atoms with Crippen LogP contribution in [-0.4, -0.2) is 91.9 Å². The highest BCUT2D eigenvalue weighted by Gasteiger charge is 2.37. The molecule has 0 unspecified atom stereocenters. The number of rotatable bonds is 5. The minimum atomic E-state index is -0.159. The summed E-state index contributed by atoms with van der Waals surface area (Å²) >= 11 is 0. The van der Waals surface area contributed by atoms with Crippen molar-refractivity contribution in [2.45, 2.75) is 12.1 Å². The van der Waals surface area contributed by atoms with E-state index in [-0.39, 0.29) is 18.1 Å². The van der Waals surface area contributed by atoms with Crippen molar-refractivity contribution in [1.82, 2.24) is 19.8 Å². The molecular formula is C22H29N5O3. The molecule has 8 nitrogen and oxygen atoms in total. The Morgan fingerprint density at radius 3 is 2.43 bits per heavy atom. The smallest absolute Gasteiger partial charge is 0.257 e. The zero-order valence-corrected chi connectivity index (χ0v) is 17.6. The lowest BCUT2D eigenvalue weighted by atomic mass is 9.97. The van der Waals surface area contributed by atoms with E-state index in [1.807, 2.05) is 37.2 Å². The molecule has 0 saturated carbocycles. The number of hydrogen-bond donors (Lipinski definition) is 0. The van der Waals surface area contributed by atoms with Gasteiger partial charge in [-0.05, 0) is 19.7 Å². The normalized spacial score (nSPS) is 22.4. The predicted molar refractivity (Wildman–Crippen MR) is 114 cm³/mol. The third-order valence-corrected chi connectivity index (χ3v) is 5.48. The molecule has 1 aromatic carbocycles. The molecule has 1 amide bonds. The molecule has 0 radical (unpaired) electrons. The highest BCUT2D eigenvalue weighted by molar-refractivity contribution is 5.94. The van der Waals surface area contributed by atoms with Crippen LogP contribution in [0.15, 0.2) is 42.7 Å². The number of aromatic nitrogens is 2. The number of morpholine rings is 2. The third-order valence-electron chi connectivity index (χ3n) is 5.48. The Balaban J connectivity index is 1.57. The molecule has 3 heterocycles. The molecule has 160 valence electrons. The van der Waals surface area contributed by atoms with Crippen LogP contribution in [0.1, 0.15) is 22.0 Å². The number of anilines is 1. The topological polar surface area (TPSA) is 71.0 Å². The number of amides is 1. The summed E-state index contributed by atoms with van der Waals surface area (Å²) in [5.74, 6) is 0.575. The van der Waals surface area contributed by atoms with Crippen LogP contribution in [0, 0.1) is 0 Å². The molecule has 1 aromatic heterocycles. The van der Waals surface area contributed by atoms with Crippen molar-refractivity contribution in [3.63, 3.8) is 0 Å². The molecule has 2 aromatic rings. The van der Waals surface area contributed by atoms with Crippen molar-refractivity contribution in [3.8, 4) is 0 Å². The summed E-state index contributed by atoms with van der Waals surface area (Å²) in [4.78, 5) is 28.4. The highest BCUT2D eigenvalue weighted by atomic mass is 16.5. The lowest BCUT2D eigenvalue weighted by Crippen LogP contribution is -2.51. The second-order valence-electron chi connectivity index (χ2n) is 7.90. The van der Waals surface area contributed by atoms with Gasteiger partial charge >= 0.3 is 0 Å². The van der Waals surface area contributed by atoms with Crippen LogP contribution in [0.2, 0.25) is 0 Å². The largest absolute Gasteiger partial charge is 0.378 e. The first-order valence-corrected chi connectivity index (χ1v) is 10.4. The van der Waals surface area contributed by atoms with E-state index >= 15 is 0 Å². The zero-order chi connectivity index (χ0) is 20.9. The van der Waals surface area contributed by atoms with Crippen LogP contribution in [-0.2, 0) is 9.47 Å². The average molecular weight is 412 g/mol. The van der Waals surface area contributed by atoms with Gasteiger partial charge in [0.25, 0.3) is 5.91 Å². The second kappa shape index (κ2) is 9.51.